The number of nitrogens with two attached hydrogens (primary N) is 1. The molecule has 0 aliphatic carbocycles. The zero-order valence-corrected chi connectivity index (χ0v) is 16.5. The Balaban J connectivity index is 0.00000117. The van der Waals surface area contributed by atoms with Gasteiger partial charge in [0.05, 0.1) is 17.3 Å². The van der Waals surface area contributed by atoms with Gasteiger partial charge in [0.1, 0.15) is 5.82 Å². The number of pyridine rings is 1. The van der Waals surface area contributed by atoms with E-state index in [-0.39, 0.29) is 6.04 Å². The minimum atomic E-state index is -0.112. The minimum absolute atomic E-state index is 0.112. The summed E-state index contributed by atoms with van der Waals surface area (Å²) < 4.78 is 0. The fraction of sp³-hybridized carbons (Fsp3) is 0.409. The number of benzene rings is 1. The van der Waals surface area contributed by atoms with Gasteiger partial charge in [0.25, 0.3) is 0 Å². The Morgan fingerprint density at radius 3 is 2.27 bits per heavy atom. The highest BCUT2D eigenvalue weighted by Crippen LogP contribution is 2.26. The molecule has 0 aliphatic heterocycles. The van der Waals surface area contributed by atoms with E-state index in [0.717, 1.165) is 46.4 Å². The molecule has 0 fully saturated rings. The zero-order chi connectivity index (χ0) is 19.1. The maximum Gasteiger partial charge on any atom is 0.145 e. The molecule has 2 N–H and O–H groups in total. The van der Waals surface area contributed by atoms with Gasteiger partial charge in [-0.2, -0.15) is 0 Å². The van der Waals surface area contributed by atoms with Gasteiger partial charge in [0.2, 0.25) is 0 Å². The summed E-state index contributed by atoms with van der Waals surface area (Å²) >= 11 is 0. The van der Waals surface area contributed by atoms with Crippen LogP contribution in [0.4, 0.5) is 0 Å². The van der Waals surface area contributed by atoms with Crippen LogP contribution in [0.2, 0.25) is 0 Å². The van der Waals surface area contributed by atoms with Crippen molar-refractivity contribution >= 4 is 10.9 Å². The molecular formula is C22H30N4. The van der Waals surface area contributed by atoms with E-state index < -0.39 is 0 Å². The highest BCUT2D eigenvalue weighted by molar-refractivity contribution is 5.86. The van der Waals surface area contributed by atoms with Crippen LogP contribution >= 0.6 is 0 Å². The fourth-order valence-corrected chi connectivity index (χ4v) is 2.98. The van der Waals surface area contributed by atoms with Crippen molar-refractivity contribution in [2.45, 2.75) is 53.5 Å². The lowest BCUT2D eigenvalue weighted by Crippen LogP contribution is -2.17. The largest absolute Gasteiger partial charge is 0.321 e. The lowest BCUT2D eigenvalue weighted by Gasteiger charge is -2.15. The van der Waals surface area contributed by atoms with Crippen molar-refractivity contribution in [1.82, 2.24) is 15.0 Å². The molecule has 0 saturated carbocycles. The second-order valence-corrected chi connectivity index (χ2v) is 6.59. The molecule has 3 rings (SSSR count). The van der Waals surface area contributed by atoms with Crippen LogP contribution in [0.5, 0.6) is 0 Å². The van der Waals surface area contributed by atoms with Gasteiger partial charge in [0.15, 0.2) is 0 Å². The number of aryl methyl sites for hydroxylation is 1. The molecule has 1 unspecified atom stereocenters. The van der Waals surface area contributed by atoms with E-state index >= 15 is 0 Å². The summed E-state index contributed by atoms with van der Waals surface area (Å²) in [5, 5.41) is 1.10. The molecule has 0 amide bonds. The average molecular weight is 351 g/mol. The van der Waals surface area contributed by atoms with Crippen LogP contribution in [-0.2, 0) is 6.42 Å². The van der Waals surface area contributed by atoms with Crippen molar-refractivity contribution in [2.24, 2.45) is 11.7 Å². The van der Waals surface area contributed by atoms with Crippen molar-refractivity contribution in [1.29, 1.82) is 0 Å². The van der Waals surface area contributed by atoms with E-state index in [1.165, 1.54) is 0 Å². The fourth-order valence-electron chi connectivity index (χ4n) is 2.98. The molecule has 0 spiro atoms. The van der Waals surface area contributed by atoms with E-state index in [4.69, 9.17) is 15.7 Å². The summed E-state index contributed by atoms with van der Waals surface area (Å²) in [7, 11) is 0. The average Bonchev–Trinajstić information content (AvgIpc) is 2.68. The molecule has 0 bridgehead atoms. The van der Waals surface area contributed by atoms with Crippen LogP contribution in [0.25, 0.3) is 22.0 Å². The maximum absolute atomic E-state index is 6.30. The SMILES string of the molecule is CC.CCc1nc(C(N)CC(C)C)nc2ccc(-c3ccncc3)cc12. The Labute approximate surface area is 156 Å². The van der Waals surface area contributed by atoms with Gasteiger partial charge in [-0.15, -0.1) is 0 Å². The monoisotopic (exact) mass is 350 g/mol. The van der Waals surface area contributed by atoms with Crippen molar-refractivity contribution in [2.75, 3.05) is 0 Å². The zero-order valence-electron chi connectivity index (χ0n) is 16.5. The summed E-state index contributed by atoms with van der Waals surface area (Å²) in [4.78, 5) is 13.6. The summed E-state index contributed by atoms with van der Waals surface area (Å²) in [6.07, 6.45) is 5.37. The van der Waals surface area contributed by atoms with Gasteiger partial charge in [-0.3, -0.25) is 4.98 Å². The summed E-state index contributed by atoms with van der Waals surface area (Å²) in [6.45, 7) is 10.5. The first-order valence-corrected chi connectivity index (χ1v) is 9.55. The molecule has 2 heterocycles. The van der Waals surface area contributed by atoms with Crippen LogP contribution < -0.4 is 5.73 Å². The standard InChI is InChI=1S/C20H24N4.C2H6/c1-4-18-16-12-15(14-7-9-22-10-8-14)5-6-19(16)24-20(23-18)17(21)11-13(2)3;1-2/h5-10,12-13,17H,4,11,21H2,1-3H3;1-2H3. The molecule has 4 heteroatoms. The quantitative estimate of drug-likeness (QED) is 0.676. The molecule has 26 heavy (non-hydrogen) atoms. The van der Waals surface area contributed by atoms with E-state index in [0.29, 0.717) is 5.92 Å². The molecule has 2 aromatic heterocycles. The predicted molar refractivity (Wildman–Crippen MR) is 110 cm³/mol. The molecule has 138 valence electrons. The number of fused-ring (bicyclic) bond motifs is 1. The number of hydrogen-bond acceptors (Lipinski definition) is 4. The molecule has 1 aromatic carbocycles. The van der Waals surface area contributed by atoms with E-state index in [1.807, 2.05) is 38.4 Å². The second kappa shape index (κ2) is 9.39. The predicted octanol–water partition coefficient (Wildman–Crippen LogP) is 5.33. The maximum atomic E-state index is 6.30. The first kappa shape index (κ1) is 20.0. The molecule has 4 nitrogen and oxygen atoms in total. The Kier molecular flexibility index (Phi) is 7.22. The first-order chi connectivity index (χ1) is 12.6. The smallest absolute Gasteiger partial charge is 0.145 e. The lowest BCUT2D eigenvalue weighted by molar-refractivity contribution is 0.493. The second-order valence-electron chi connectivity index (χ2n) is 6.59. The summed E-state index contributed by atoms with van der Waals surface area (Å²) in [5.74, 6) is 1.28. The van der Waals surface area contributed by atoms with Crippen molar-refractivity contribution < 1.29 is 0 Å². The van der Waals surface area contributed by atoms with Gasteiger partial charge in [-0.05, 0) is 54.2 Å². The van der Waals surface area contributed by atoms with Gasteiger partial charge in [-0.25, -0.2) is 9.97 Å². The third kappa shape index (κ3) is 4.64. The minimum Gasteiger partial charge on any atom is -0.321 e. The third-order valence-corrected chi connectivity index (χ3v) is 4.20. The number of hydrogen-bond donors (Lipinski definition) is 1. The van der Waals surface area contributed by atoms with Crippen molar-refractivity contribution in [3.8, 4) is 11.1 Å². The number of rotatable bonds is 5. The molecule has 3 aromatic rings. The van der Waals surface area contributed by atoms with Gasteiger partial charge in [-0.1, -0.05) is 40.7 Å². The number of aromatic nitrogens is 3. The molecule has 0 radical (unpaired) electrons. The molecule has 0 aliphatic rings. The van der Waals surface area contributed by atoms with Crippen LogP contribution in [-0.4, -0.2) is 15.0 Å². The van der Waals surface area contributed by atoms with Gasteiger partial charge in [0, 0.05) is 17.8 Å². The highest BCUT2D eigenvalue weighted by atomic mass is 14.9. The van der Waals surface area contributed by atoms with Crippen molar-refractivity contribution in [3.63, 3.8) is 0 Å². The Morgan fingerprint density at radius 1 is 0.962 bits per heavy atom. The van der Waals surface area contributed by atoms with Crippen LogP contribution in [0.1, 0.15) is 58.6 Å². The normalized spacial score (nSPS) is 12.0. The lowest BCUT2D eigenvalue weighted by atomic mass is 10.0. The topological polar surface area (TPSA) is 64.7 Å². The first-order valence-electron chi connectivity index (χ1n) is 9.55. The summed E-state index contributed by atoms with van der Waals surface area (Å²) in [6, 6.07) is 10.3. The van der Waals surface area contributed by atoms with Gasteiger partial charge < -0.3 is 5.73 Å². The van der Waals surface area contributed by atoms with Crippen molar-refractivity contribution in [3.05, 3.63) is 54.2 Å². The Bertz CT molecular complexity index is 828. The third-order valence-electron chi connectivity index (χ3n) is 4.20. The van der Waals surface area contributed by atoms with E-state index in [9.17, 15) is 0 Å². The highest BCUT2D eigenvalue weighted by Gasteiger charge is 2.15. The Hall–Kier alpha value is -2.33. The van der Waals surface area contributed by atoms with Crippen LogP contribution in [0, 0.1) is 5.92 Å². The van der Waals surface area contributed by atoms with E-state index in [1.54, 1.807) is 0 Å². The summed E-state index contributed by atoms with van der Waals surface area (Å²) in [5.41, 5.74) is 10.6. The Morgan fingerprint density at radius 2 is 1.65 bits per heavy atom. The van der Waals surface area contributed by atoms with Gasteiger partial charge >= 0.3 is 0 Å². The van der Waals surface area contributed by atoms with E-state index in [2.05, 4.69) is 44.0 Å². The molecule has 1 atom stereocenters. The molecular weight excluding hydrogens is 320 g/mol. The molecule has 0 saturated heterocycles. The van der Waals surface area contributed by atoms with Crippen LogP contribution in [0.15, 0.2) is 42.7 Å². The number of nitrogens with zero attached hydrogens (tertiary/aromatic N) is 3. The van der Waals surface area contributed by atoms with Crippen LogP contribution in [0.3, 0.4) is 0 Å².